The number of rotatable bonds is 3. The molecule has 0 aromatic heterocycles. The summed E-state index contributed by atoms with van der Waals surface area (Å²) in [5.41, 5.74) is 0. The Morgan fingerprint density at radius 3 is 2.93 bits per heavy atom. The van der Waals surface area contributed by atoms with E-state index in [0.29, 0.717) is 12.5 Å². The fraction of sp³-hybridized carbons (Fsp3) is 0.545. The number of amides is 1. The Kier molecular flexibility index (Phi) is 4.23. The Hall–Kier alpha value is -1.25. The Balaban J connectivity index is 2.32. The maximum Gasteiger partial charge on any atom is 0.409 e. The molecule has 0 bridgehead atoms. The smallest absolute Gasteiger partial charge is 0.409 e. The van der Waals surface area contributed by atoms with Gasteiger partial charge in [0, 0.05) is 13.6 Å². The largest absolute Gasteiger partial charge is 0.450 e. The predicted molar refractivity (Wildman–Crippen MR) is 56.0 cm³/mol. The Labute approximate surface area is 85.0 Å². The molecule has 0 fully saturated rings. The molecule has 3 nitrogen and oxygen atoms in total. The molecule has 1 unspecified atom stereocenters. The van der Waals surface area contributed by atoms with Gasteiger partial charge in [0.05, 0.1) is 6.61 Å². The number of nitrogens with zero attached hydrogens (tertiary/aromatic N) is 1. The Morgan fingerprint density at radius 2 is 2.36 bits per heavy atom. The van der Waals surface area contributed by atoms with Crippen LogP contribution < -0.4 is 0 Å². The van der Waals surface area contributed by atoms with Crippen LogP contribution in [0.5, 0.6) is 0 Å². The quantitative estimate of drug-likeness (QED) is 0.691. The lowest BCUT2D eigenvalue weighted by Gasteiger charge is -2.21. The molecule has 0 aliphatic heterocycles. The minimum absolute atomic E-state index is 0.240. The highest BCUT2D eigenvalue weighted by Crippen LogP contribution is 2.12. The third kappa shape index (κ3) is 3.24. The molecule has 0 aromatic carbocycles. The second kappa shape index (κ2) is 5.47. The molecule has 0 saturated carbocycles. The van der Waals surface area contributed by atoms with Crippen LogP contribution in [0.2, 0.25) is 0 Å². The number of ether oxygens (including phenoxy) is 1. The fourth-order valence-electron chi connectivity index (χ4n) is 1.43. The highest BCUT2D eigenvalue weighted by atomic mass is 16.5. The fourth-order valence-corrected chi connectivity index (χ4v) is 1.43. The van der Waals surface area contributed by atoms with Gasteiger partial charge in [-0.15, -0.1) is 0 Å². The number of carbonyl (C=O) groups excluding carboxylic acids is 1. The molecule has 0 saturated heterocycles. The zero-order chi connectivity index (χ0) is 10.4. The molecule has 78 valence electrons. The summed E-state index contributed by atoms with van der Waals surface area (Å²) in [5.74, 6) is 0.425. The maximum absolute atomic E-state index is 11.3. The maximum atomic E-state index is 11.3. The van der Waals surface area contributed by atoms with Crippen molar-refractivity contribution < 1.29 is 9.53 Å². The van der Waals surface area contributed by atoms with E-state index in [1.54, 1.807) is 11.9 Å². The second-order valence-electron chi connectivity index (χ2n) is 3.39. The van der Waals surface area contributed by atoms with Crippen molar-refractivity contribution >= 4 is 6.09 Å². The average Bonchev–Trinajstić information content (AvgIpc) is 2.19. The van der Waals surface area contributed by atoms with Crippen LogP contribution in [0.3, 0.4) is 0 Å². The zero-order valence-electron chi connectivity index (χ0n) is 8.77. The number of allylic oxidation sites excluding steroid dienone is 3. The average molecular weight is 195 g/mol. The summed E-state index contributed by atoms with van der Waals surface area (Å²) in [6.07, 6.45) is 9.05. The van der Waals surface area contributed by atoms with Crippen molar-refractivity contribution in [1.29, 1.82) is 0 Å². The van der Waals surface area contributed by atoms with Gasteiger partial charge < -0.3 is 9.64 Å². The van der Waals surface area contributed by atoms with E-state index in [2.05, 4.69) is 12.2 Å². The van der Waals surface area contributed by atoms with E-state index in [1.807, 2.05) is 19.1 Å². The van der Waals surface area contributed by atoms with Gasteiger partial charge in [0.25, 0.3) is 0 Å². The van der Waals surface area contributed by atoms with Crippen molar-refractivity contribution in [2.75, 3.05) is 20.2 Å². The van der Waals surface area contributed by atoms with Gasteiger partial charge in [-0.1, -0.05) is 24.3 Å². The minimum Gasteiger partial charge on any atom is -0.450 e. The molecule has 0 heterocycles. The van der Waals surface area contributed by atoms with Gasteiger partial charge in [-0.25, -0.2) is 4.79 Å². The van der Waals surface area contributed by atoms with Crippen LogP contribution in [-0.2, 0) is 4.74 Å². The van der Waals surface area contributed by atoms with Crippen LogP contribution in [0.1, 0.15) is 13.3 Å². The molecule has 1 aliphatic carbocycles. The van der Waals surface area contributed by atoms with Gasteiger partial charge in [-0.3, -0.25) is 0 Å². The lowest BCUT2D eigenvalue weighted by atomic mass is 10.0. The van der Waals surface area contributed by atoms with Gasteiger partial charge in [0.2, 0.25) is 0 Å². The van der Waals surface area contributed by atoms with Crippen molar-refractivity contribution in [1.82, 2.24) is 4.90 Å². The van der Waals surface area contributed by atoms with E-state index in [0.717, 1.165) is 13.0 Å². The molecular formula is C11H17NO2. The van der Waals surface area contributed by atoms with Crippen LogP contribution in [-0.4, -0.2) is 31.2 Å². The van der Waals surface area contributed by atoms with Crippen molar-refractivity contribution in [3.63, 3.8) is 0 Å². The van der Waals surface area contributed by atoms with Crippen molar-refractivity contribution in [2.45, 2.75) is 13.3 Å². The summed E-state index contributed by atoms with van der Waals surface area (Å²) in [6.45, 7) is 2.97. The standard InChI is InChI=1S/C11H17NO2/c1-3-14-11(13)12(2)9-10-7-5-4-6-8-10/h4-7,10H,3,8-9H2,1-2H3. The third-order valence-corrected chi connectivity index (χ3v) is 2.16. The first kappa shape index (κ1) is 10.8. The van der Waals surface area contributed by atoms with E-state index in [1.165, 1.54) is 0 Å². The van der Waals surface area contributed by atoms with Crippen LogP contribution in [0, 0.1) is 5.92 Å². The first-order valence-corrected chi connectivity index (χ1v) is 4.95. The van der Waals surface area contributed by atoms with Gasteiger partial charge in [-0.2, -0.15) is 0 Å². The zero-order valence-corrected chi connectivity index (χ0v) is 8.77. The highest BCUT2D eigenvalue weighted by molar-refractivity contribution is 5.67. The van der Waals surface area contributed by atoms with E-state index in [4.69, 9.17) is 4.74 Å². The van der Waals surface area contributed by atoms with E-state index in [9.17, 15) is 4.79 Å². The summed E-state index contributed by atoms with van der Waals surface area (Å²) in [6, 6.07) is 0. The molecule has 1 atom stereocenters. The first-order valence-electron chi connectivity index (χ1n) is 4.95. The summed E-state index contributed by atoms with van der Waals surface area (Å²) < 4.78 is 4.89. The van der Waals surface area contributed by atoms with E-state index < -0.39 is 0 Å². The summed E-state index contributed by atoms with van der Waals surface area (Å²) in [4.78, 5) is 12.9. The summed E-state index contributed by atoms with van der Waals surface area (Å²) in [7, 11) is 1.77. The summed E-state index contributed by atoms with van der Waals surface area (Å²) >= 11 is 0. The number of hydrogen-bond donors (Lipinski definition) is 0. The SMILES string of the molecule is CCOC(=O)N(C)CC1C=CC=CC1. The summed E-state index contributed by atoms with van der Waals surface area (Å²) in [5, 5.41) is 0. The van der Waals surface area contributed by atoms with Crippen molar-refractivity contribution in [3.8, 4) is 0 Å². The van der Waals surface area contributed by atoms with Gasteiger partial charge in [0.15, 0.2) is 0 Å². The van der Waals surface area contributed by atoms with Crippen molar-refractivity contribution in [3.05, 3.63) is 24.3 Å². The third-order valence-electron chi connectivity index (χ3n) is 2.16. The molecule has 1 aliphatic rings. The van der Waals surface area contributed by atoms with Gasteiger partial charge in [0.1, 0.15) is 0 Å². The lowest BCUT2D eigenvalue weighted by Crippen LogP contribution is -2.32. The van der Waals surface area contributed by atoms with Gasteiger partial charge >= 0.3 is 6.09 Å². The number of carbonyl (C=O) groups is 1. The molecule has 0 spiro atoms. The normalized spacial score (nSPS) is 19.4. The second-order valence-corrected chi connectivity index (χ2v) is 3.39. The molecule has 1 amide bonds. The monoisotopic (exact) mass is 195 g/mol. The first-order chi connectivity index (χ1) is 6.74. The van der Waals surface area contributed by atoms with E-state index >= 15 is 0 Å². The molecule has 0 aromatic rings. The highest BCUT2D eigenvalue weighted by Gasteiger charge is 2.14. The molecule has 0 radical (unpaired) electrons. The molecule has 14 heavy (non-hydrogen) atoms. The minimum atomic E-state index is -0.240. The van der Waals surface area contributed by atoms with Crippen LogP contribution in [0.15, 0.2) is 24.3 Å². The van der Waals surface area contributed by atoms with Crippen LogP contribution in [0.25, 0.3) is 0 Å². The number of hydrogen-bond acceptors (Lipinski definition) is 2. The van der Waals surface area contributed by atoms with Crippen LogP contribution in [0.4, 0.5) is 4.79 Å². The molecule has 1 rings (SSSR count). The Morgan fingerprint density at radius 1 is 1.57 bits per heavy atom. The lowest BCUT2D eigenvalue weighted by molar-refractivity contribution is 0.113. The van der Waals surface area contributed by atoms with Gasteiger partial charge in [-0.05, 0) is 19.3 Å². The van der Waals surface area contributed by atoms with E-state index in [-0.39, 0.29) is 6.09 Å². The van der Waals surface area contributed by atoms with Crippen LogP contribution >= 0.6 is 0 Å². The molecular weight excluding hydrogens is 178 g/mol. The predicted octanol–water partition coefficient (Wildman–Crippen LogP) is 2.21. The topological polar surface area (TPSA) is 29.5 Å². The molecule has 0 N–H and O–H groups in total. The van der Waals surface area contributed by atoms with Crippen molar-refractivity contribution in [2.24, 2.45) is 5.92 Å². The Bertz CT molecular complexity index is 246. The molecule has 3 heteroatoms.